The summed E-state index contributed by atoms with van der Waals surface area (Å²) in [5.74, 6) is 4.05. The van der Waals surface area contributed by atoms with Gasteiger partial charge in [-0.15, -0.1) is 6.42 Å². The Labute approximate surface area is 90.9 Å². The molecule has 3 nitrogen and oxygen atoms in total. The summed E-state index contributed by atoms with van der Waals surface area (Å²) in [5.41, 5.74) is 0. The van der Waals surface area contributed by atoms with Crippen LogP contribution in [0.4, 0.5) is 5.82 Å². The third-order valence-corrected chi connectivity index (χ3v) is 1.84. The minimum absolute atomic E-state index is 0.0520. The number of hydrogen-bond donors (Lipinski definition) is 1. The number of nitrogens with one attached hydrogen (secondary N) is 1. The Kier molecular flexibility index (Phi) is 4.49. The molecule has 1 heterocycles. The van der Waals surface area contributed by atoms with Gasteiger partial charge < -0.3 is 10.1 Å². The van der Waals surface area contributed by atoms with E-state index in [0.29, 0.717) is 12.4 Å². The molecule has 0 aliphatic rings. The molecule has 0 radical (unpaired) electrons. The molecule has 1 N–H and O–H groups in total. The molecule has 1 aromatic heterocycles. The molecule has 0 aliphatic heterocycles. The van der Waals surface area contributed by atoms with Crippen LogP contribution in [0, 0.1) is 12.3 Å². The Hall–Kier alpha value is -1.69. The Bertz CT molecular complexity index is 344. The Morgan fingerprint density at radius 1 is 1.67 bits per heavy atom. The van der Waals surface area contributed by atoms with Gasteiger partial charge in [0.05, 0.1) is 12.6 Å². The van der Waals surface area contributed by atoms with Gasteiger partial charge in [-0.1, -0.05) is 12.8 Å². The molecule has 0 saturated heterocycles. The number of ether oxygens (including phenoxy) is 1. The topological polar surface area (TPSA) is 34.2 Å². The molecule has 0 amide bonds. The quantitative estimate of drug-likeness (QED) is 0.747. The van der Waals surface area contributed by atoms with E-state index in [1.54, 1.807) is 6.20 Å². The van der Waals surface area contributed by atoms with Gasteiger partial charge in [-0.3, -0.25) is 0 Å². The summed E-state index contributed by atoms with van der Waals surface area (Å²) in [6.45, 7) is 4.65. The fourth-order valence-corrected chi connectivity index (χ4v) is 1.07. The lowest BCUT2D eigenvalue weighted by molar-refractivity contribution is 0.317. The van der Waals surface area contributed by atoms with Crippen molar-refractivity contribution >= 4 is 5.82 Å². The highest BCUT2D eigenvalue weighted by atomic mass is 16.5. The van der Waals surface area contributed by atoms with E-state index >= 15 is 0 Å². The summed E-state index contributed by atoms with van der Waals surface area (Å²) in [4.78, 5) is 4.19. The molecule has 0 bridgehead atoms. The third kappa shape index (κ3) is 3.51. The number of aromatic nitrogens is 1. The normalized spacial score (nSPS) is 11.5. The van der Waals surface area contributed by atoms with Crippen LogP contribution in [-0.2, 0) is 0 Å². The fourth-order valence-electron chi connectivity index (χ4n) is 1.07. The van der Waals surface area contributed by atoms with E-state index < -0.39 is 0 Å². The van der Waals surface area contributed by atoms with Crippen LogP contribution in [0.5, 0.6) is 5.75 Å². The molecule has 0 aliphatic carbocycles. The zero-order valence-electron chi connectivity index (χ0n) is 9.16. The zero-order chi connectivity index (χ0) is 11.1. The van der Waals surface area contributed by atoms with Crippen LogP contribution >= 0.6 is 0 Å². The number of rotatable bonds is 5. The fraction of sp³-hybridized carbons (Fsp3) is 0.417. The number of terminal acetylenes is 1. The predicted octanol–water partition coefficient (Wildman–Crippen LogP) is 2.30. The first-order chi connectivity index (χ1) is 7.27. The molecule has 0 aromatic carbocycles. The molecule has 0 saturated carbocycles. The van der Waals surface area contributed by atoms with Crippen molar-refractivity contribution in [2.45, 2.75) is 26.3 Å². The van der Waals surface area contributed by atoms with Gasteiger partial charge in [0.25, 0.3) is 0 Å². The van der Waals surface area contributed by atoms with Crippen LogP contribution in [0.3, 0.4) is 0 Å². The predicted molar refractivity (Wildman–Crippen MR) is 61.9 cm³/mol. The van der Waals surface area contributed by atoms with Gasteiger partial charge >= 0.3 is 0 Å². The lowest BCUT2D eigenvalue weighted by Gasteiger charge is -2.13. The van der Waals surface area contributed by atoms with Crippen molar-refractivity contribution in [2.24, 2.45) is 0 Å². The molecule has 1 atom stereocenters. The minimum Gasteiger partial charge on any atom is -0.490 e. The van der Waals surface area contributed by atoms with Crippen LogP contribution in [0.25, 0.3) is 0 Å². The number of nitrogens with zero attached hydrogens (tertiary/aromatic N) is 1. The lowest BCUT2D eigenvalue weighted by atomic mass is 10.3. The van der Waals surface area contributed by atoms with Crippen LogP contribution in [0.2, 0.25) is 0 Å². The van der Waals surface area contributed by atoms with Gasteiger partial charge in [0.2, 0.25) is 0 Å². The summed E-state index contributed by atoms with van der Waals surface area (Å²) < 4.78 is 5.54. The summed E-state index contributed by atoms with van der Waals surface area (Å²) >= 11 is 0. The van der Waals surface area contributed by atoms with Crippen molar-refractivity contribution in [3.8, 4) is 18.1 Å². The van der Waals surface area contributed by atoms with Crippen LogP contribution in [0.1, 0.15) is 20.3 Å². The van der Waals surface area contributed by atoms with E-state index in [2.05, 4.69) is 23.1 Å². The highest BCUT2D eigenvalue weighted by molar-refractivity contribution is 5.51. The van der Waals surface area contributed by atoms with Crippen molar-refractivity contribution in [1.29, 1.82) is 0 Å². The summed E-state index contributed by atoms with van der Waals surface area (Å²) in [6.07, 6.45) is 7.97. The lowest BCUT2D eigenvalue weighted by Crippen LogP contribution is -2.14. The largest absolute Gasteiger partial charge is 0.490 e. The highest BCUT2D eigenvalue weighted by Gasteiger charge is 2.05. The standard InChI is InChI=1S/C12H16N2O/c1-4-9-15-11-7-6-8-13-12(11)14-10(3)5-2/h2,6-8,10H,4,9H2,1,3H3,(H,13,14). The molecule has 0 fully saturated rings. The molecule has 1 unspecified atom stereocenters. The molecular weight excluding hydrogens is 188 g/mol. The molecule has 1 rings (SSSR count). The first kappa shape index (κ1) is 11.4. The van der Waals surface area contributed by atoms with E-state index in [4.69, 9.17) is 11.2 Å². The number of anilines is 1. The van der Waals surface area contributed by atoms with Gasteiger partial charge in [-0.25, -0.2) is 4.98 Å². The van der Waals surface area contributed by atoms with Crippen molar-refractivity contribution in [3.05, 3.63) is 18.3 Å². The van der Waals surface area contributed by atoms with E-state index in [1.807, 2.05) is 19.1 Å². The molecule has 1 aromatic rings. The average Bonchev–Trinajstić information content (AvgIpc) is 2.28. The van der Waals surface area contributed by atoms with Crippen molar-refractivity contribution in [3.63, 3.8) is 0 Å². The van der Waals surface area contributed by atoms with E-state index in [1.165, 1.54) is 0 Å². The van der Waals surface area contributed by atoms with Crippen molar-refractivity contribution < 1.29 is 4.74 Å². The average molecular weight is 204 g/mol. The first-order valence-corrected chi connectivity index (χ1v) is 5.08. The summed E-state index contributed by atoms with van der Waals surface area (Å²) in [5, 5.41) is 3.10. The summed E-state index contributed by atoms with van der Waals surface area (Å²) in [6, 6.07) is 3.68. The van der Waals surface area contributed by atoms with E-state index in [9.17, 15) is 0 Å². The van der Waals surface area contributed by atoms with Gasteiger partial charge in [-0.05, 0) is 25.5 Å². The second kappa shape index (κ2) is 5.92. The first-order valence-electron chi connectivity index (χ1n) is 5.08. The van der Waals surface area contributed by atoms with Crippen molar-refractivity contribution in [2.75, 3.05) is 11.9 Å². The Morgan fingerprint density at radius 2 is 2.47 bits per heavy atom. The van der Waals surface area contributed by atoms with Gasteiger partial charge in [0.15, 0.2) is 11.6 Å². The van der Waals surface area contributed by atoms with Gasteiger partial charge in [0, 0.05) is 6.20 Å². The molecule has 3 heteroatoms. The summed E-state index contributed by atoms with van der Waals surface area (Å²) in [7, 11) is 0. The number of pyridine rings is 1. The van der Waals surface area contributed by atoms with Crippen molar-refractivity contribution in [1.82, 2.24) is 4.98 Å². The van der Waals surface area contributed by atoms with Crippen LogP contribution < -0.4 is 10.1 Å². The van der Waals surface area contributed by atoms with Crippen LogP contribution in [0.15, 0.2) is 18.3 Å². The van der Waals surface area contributed by atoms with E-state index in [-0.39, 0.29) is 6.04 Å². The number of hydrogen-bond acceptors (Lipinski definition) is 3. The maximum atomic E-state index is 5.54. The minimum atomic E-state index is -0.0520. The second-order valence-corrected chi connectivity index (χ2v) is 3.23. The highest BCUT2D eigenvalue weighted by Crippen LogP contribution is 2.21. The Balaban J connectivity index is 2.73. The Morgan fingerprint density at radius 3 is 3.13 bits per heavy atom. The monoisotopic (exact) mass is 204 g/mol. The molecule has 0 spiro atoms. The molecule has 80 valence electrons. The van der Waals surface area contributed by atoms with Gasteiger partial charge in [-0.2, -0.15) is 0 Å². The molecule has 15 heavy (non-hydrogen) atoms. The molecular formula is C12H16N2O. The second-order valence-electron chi connectivity index (χ2n) is 3.23. The zero-order valence-corrected chi connectivity index (χ0v) is 9.16. The maximum Gasteiger partial charge on any atom is 0.169 e. The smallest absolute Gasteiger partial charge is 0.169 e. The van der Waals surface area contributed by atoms with Crippen LogP contribution in [-0.4, -0.2) is 17.6 Å². The SMILES string of the molecule is C#CC(C)Nc1ncccc1OCCC. The third-order valence-electron chi connectivity index (χ3n) is 1.84. The van der Waals surface area contributed by atoms with Gasteiger partial charge in [0.1, 0.15) is 0 Å². The van der Waals surface area contributed by atoms with E-state index in [0.717, 1.165) is 12.2 Å². The maximum absolute atomic E-state index is 5.54.